The molecule has 0 aliphatic heterocycles. The SMILES string of the molecule is CCCNC(C)c1ccc(NC(=O)NN(C)C)cc1. The third kappa shape index (κ3) is 5.72. The minimum atomic E-state index is -0.241. The lowest BCUT2D eigenvalue weighted by atomic mass is 10.1. The Hall–Kier alpha value is -1.59. The van der Waals surface area contributed by atoms with Gasteiger partial charge in [-0.25, -0.2) is 9.80 Å². The molecule has 2 amide bonds. The van der Waals surface area contributed by atoms with Crippen LogP contribution in [0.5, 0.6) is 0 Å². The van der Waals surface area contributed by atoms with Crippen molar-refractivity contribution in [2.45, 2.75) is 26.3 Å². The molecule has 0 saturated heterocycles. The zero-order valence-corrected chi connectivity index (χ0v) is 12.2. The fourth-order valence-corrected chi connectivity index (χ4v) is 1.70. The van der Waals surface area contributed by atoms with E-state index in [0.29, 0.717) is 6.04 Å². The van der Waals surface area contributed by atoms with Gasteiger partial charge < -0.3 is 10.6 Å². The number of urea groups is 1. The highest BCUT2D eigenvalue weighted by Gasteiger charge is 2.05. The molecule has 0 bridgehead atoms. The fraction of sp³-hybridized carbons (Fsp3) is 0.500. The van der Waals surface area contributed by atoms with Gasteiger partial charge in [-0.15, -0.1) is 0 Å². The van der Waals surface area contributed by atoms with E-state index in [1.165, 1.54) is 5.56 Å². The van der Waals surface area contributed by atoms with Gasteiger partial charge >= 0.3 is 6.03 Å². The van der Waals surface area contributed by atoms with Crippen LogP contribution in [0.2, 0.25) is 0 Å². The van der Waals surface area contributed by atoms with Crippen LogP contribution in [0.3, 0.4) is 0 Å². The van der Waals surface area contributed by atoms with Gasteiger partial charge in [-0.05, 0) is 37.6 Å². The maximum absolute atomic E-state index is 11.5. The molecule has 1 unspecified atom stereocenters. The largest absolute Gasteiger partial charge is 0.333 e. The maximum atomic E-state index is 11.5. The molecule has 1 aromatic carbocycles. The third-order valence-corrected chi connectivity index (χ3v) is 2.69. The molecule has 0 saturated carbocycles. The van der Waals surface area contributed by atoms with Crippen LogP contribution in [0.4, 0.5) is 10.5 Å². The van der Waals surface area contributed by atoms with E-state index in [1.54, 1.807) is 19.1 Å². The van der Waals surface area contributed by atoms with E-state index in [1.807, 2.05) is 24.3 Å². The minimum absolute atomic E-state index is 0.241. The summed E-state index contributed by atoms with van der Waals surface area (Å²) in [6, 6.07) is 7.96. The molecule has 0 spiro atoms. The number of hydrogen-bond donors (Lipinski definition) is 3. The summed E-state index contributed by atoms with van der Waals surface area (Å²) >= 11 is 0. The molecule has 19 heavy (non-hydrogen) atoms. The standard InChI is InChI=1S/C14H24N4O/c1-5-10-15-11(2)12-6-8-13(9-7-12)16-14(19)17-18(3)4/h6-9,11,15H,5,10H2,1-4H3,(H2,16,17,19). The number of amides is 2. The van der Waals surface area contributed by atoms with Crippen molar-refractivity contribution in [3.8, 4) is 0 Å². The van der Waals surface area contributed by atoms with Crippen molar-refractivity contribution in [2.75, 3.05) is 26.0 Å². The van der Waals surface area contributed by atoms with E-state index in [-0.39, 0.29) is 6.03 Å². The van der Waals surface area contributed by atoms with Crippen molar-refractivity contribution < 1.29 is 4.79 Å². The number of nitrogens with zero attached hydrogens (tertiary/aromatic N) is 1. The summed E-state index contributed by atoms with van der Waals surface area (Å²) in [5.41, 5.74) is 4.63. The van der Waals surface area contributed by atoms with E-state index in [2.05, 4.69) is 29.9 Å². The predicted octanol–water partition coefficient (Wildman–Crippen LogP) is 2.35. The van der Waals surface area contributed by atoms with Crippen LogP contribution in [-0.2, 0) is 0 Å². The van der Waals surface area contributed by atoms with Crippen LogP contribution < -0.4 is 16.1 Å². The van der Waals surface area contributed by atoms with Gasteiger partial charge in [0, 0.05) is 25.8 Å². The molecule has 0 aliphatic rings. The van der Waals surface area contributed by atoms with Crippen LogP contribution in [0, 0.1) is 0 Å². The molecule has 0 aliphatic carbocycles. The zero-order valence-electron chi connectivity index (χ0n) is 12.2. The highest BCUT2D eigenvalue weighted by atomic mass is 16.2. The van der Waals surface area contributed by atoms with Crippen molar-refractivity contribution >= 4 is 11.7 Å². The molecule has 1 rings (SSSR count). The molecule has 106 valence electrons. The minimum Gasteiger partial charge on any atom is -0.310 e. The first-order chi connectivity index (χ1) is 9.02. The highest BCUT2D eigenvalue weighted by Crippen LogP contribution is 2.15. The number of hydrogen-bond acceptors (Lipinski definition) is 3. The van der Waals surface area contributed by atoms with Crippen molar-refractivity contribution in [3.63, 3.8) is 0 Å². The van der Waals surface area contributed by atoms with Crippen LogP contribution in [0.15, 0.2) is 24.3 Å². The molecular weight excluding hydrogens is 240 g/mol. The van der Waals surface area contributed by atoms with E-state index >= 15 is 0 Å². The van der Waals surface area contributed by atoms with E-state index in [9.17, 15) is 4.79 Å². The number of carbonyl (C=O) groups excluding carboxylic acids is 1. The summed E-state index contributed by atoms with van der Waals surface area (Å²) < 4.78 is 0. The van der Waals surface area contributed by atoms with Crippen LogP contribution in [0.25, 0.3) is 0 Å². The second-order valence-corrected chi connectivity index (χ2v) is 4.76. The summed E-state index contributed by atoms with van der Waals surface area (Å²) in [7, 11) is 3.54. The molecule has 0 aromatic heterocycles. The van der Waals surface area contributed by atoms with Crippen molar-refractivity contribution in [1.82, 2.24) is 15.8 Å². The average Bonchev–Trinajstić information content (AvgIpc) is 2.35. The predicted molar refractivity (Wildman–Crippen MR) is 79.0 cm³/mol. The lowest BCUT2D eigenvalue weighted by Crippen LogP contribution is -2.39. The van der Waals surface area contributed by atoms with E-state index in [4.69, 9.17) is 0 Å². The van der Waals surface area contributed by atoms with Crippen molar-refractivity contribution in [2.24, 2.45) is 0 Å². The number of nitrogens with one attached hydrogen (secondary N) is 3. The van der Waals surface area contributed by atoms with Crippen LogP contribution in [-0.4, -0.2) is 31.7 Å². The highest BCUT2D eigenvalue weighted by molar-refractivity contribution is 5.88. The van der Waals surface area contributed by atoms with Gasteiger partial charge in [0.2, 0.25) is 0 Å². The summed E-state index contributed by atoms with van der Waals surface area (Å²) in [6.45, 7) is 5.29. The number of anilines is 1. The second kappa shape index (κ2) is 7.76. The first-order valence-electron chi connectivity index (χ1n) is 6.61. The Morgan fingerprint density at radius 2 is 1.89 bits per heavy atom. The Balaban J connectivity index is 2.53. The molecule has 1 aromatic rings. The first-order valence-corrected chi connectivity index (χ1v) is 6.61. The number of hydrazine groups is 1. The van der Waals surface area contributed by atoms with Gasteiger partial charge in [-0.1, -0.05) is 19.1 Å². The van der Waals surface area contributed by atoms with Crippen molar-refractivity contribution in [3.05, 3.63) is 29.8 Å². The molecule has 0 heterocycles. The first kappa shape index (κ1) is 15.5. The lowest BCUT2D eigenvalue weighted by molar-refractivity contribution is 0.224. The third-order valence-electron chi connectivity index (χ3n) is 2.69. The summed E-state index contributed by atoms with van der Waals surface area (Å²) in [6.07, 6.45) is 1.12. The molecular formula is C14H24N4O. The van der Waals surface area contributed by atoms with Gasteiger partial charge in [-0.2, -0.15) is 0 Å². The Bertz CT molecular complexity index is 389. The average molecular weight is 264 g/mol. The van der Waals surface area contributed by atoms with Crippen LogP contribution >= 0.6 is 0 Å². The number of carbonyl (C=O) groups is 1. The Labute approximate surface area is 115 Å². The topological polar surface area (TPSA) is 56.4 Å². The molecule has 3 N–H and O–H groups in total. The van der Waals surface area contributed by atoms with Gasteiger partial charge in [0.15, 0.2) is 0 Å². The van der Waals surface area contributed by atoms with E-state index in [0.717, 1.165) is 18.7 Å². The maximum Gasteiger partial charge on any atom is 0.333 e. The van der Waals surface area contributed by atoms with Gasteiger partial charge in [0.05, 0.1) is 0 Å². The molecule has 5 heteroatoms. The molecule has 0 fully saturated rings. The fourth-order valence-electron chi connectivity index (χ4n) is 1.70. The number of benzene rings is 1. The second-order valence-electron chi connectivity index (χ2n) is 4.76. The summed E-state index contributed by atoms with van der Waals surface area (Å²) in [5, 5.41) is 7.80. The quantitative estimate of drug-likeness (QED) is 0.691. The molecule has 1 atom stereocenters. The van der Waals surface area contributed by atoms with Gasteiger partial charge in [0.1, 0.15) is 0 Å². The molecule has 5 nitrogen and oxygen atoms in total. The Morgan fingerprint density at radius 1 is 1.26 bits per heavy atom. The normalized spacial score (nSPS) is 12.3. The zero-order chi connectivity index (χ0) is 14.3. The monoisotopic (exact) mass is 264 g/mol. The Morgan fingerprint density at radius 3 is 2.42 bits per heavy atom. The van der Waals surface area contributed by atoms with Crippen molar-refractivity contribution in [1.29, 1.82) is 0 Å². The summed E-state index contributed by atoms with van der Waals surface area (Å²) in [5.74, 6) is 0. The van der Waals surface area contributed by atoms with Crippen LogP contribution in [0.1, 0.15) is 31.9 Å². The van der Waals surface area contributed by atoms with Gasteiger partial charge in [0.25, 0.3) is 0 Å². The molecule has 0 radical (unpaired) electrons. The number of rotatable bonds is 6. The van der Waals surface area contributed by atoms with E-state index < -0.39 is 0 Å². The summed E-state index contributed by atoms with van der Waals surface area (Å²) in [4.78, 5) is 11.5. The lowest BCUT2D eigenvalue weighted by Gasteiger charge is -2.15. The van der Waals surface area contributed by atoms with Gasteiger partial charge in [-0.3, -0.25) is 5.43 Å². The smallest absolute Gasteiger partial charge is 0.310 e. The Kier molecular flexibility index (Phi) is 6.32.